The van der Waals surface area contributed by atoms with Crippen LogP contribution in [0.1, 0.15) is 38.5 Å². The summed E-state index contributed by atoms with van der Waals surface area (Å²) in [5.41, 5.74) is -0.623. The zero-order chi connectivity index (χ0) is 12.1. The topological polar surface area (TPSA) is 75.1 Å². The SMILES string of the molecule is O=C(O)C1(CNc2ncns2)CCCCCC1. The summed E-state index contributed by atoms with van der Waals surface area (Å²) in [6, 6.07) is 0. The molecule has 6 heteroatoms. The van der Waals surface area contributed by atoms with Crippen LogP contribution in [0.25, 0.3) is 0 Å². The highest BCUT2D eigenvalue weighted by atomic mass is 32.1. The van der Waals surface area contributed by atoms with Gasteiger partial charge in [-0.05, 0) is 12.8 Å². The van der Waals surface area contributed by atoms with Gasteiger partial charge in [0.25, 0.3) is 0 Å². The fourth-order valence-corrected chi connectivity index (χ4v) is 2.79. The van der Waals surface area contributed by atoms with Gasteiger partial charge in [-0.3, -0.25) is 4.79 Å². The number of hydrogen-bond acceptors (Lipinski definition) is 5. The molecule has 0 aromatic carbocycles. The number of aromatic nitrogens is 2. The van der Waals surface area contributed by atoms with Gasteiger partial charge in [0.15, 0.2) is 0 Å². The molecule has 2 N–H and O–H groups in total. The van der Waals surface area contributed by atoms with Crippen LogP contribution in [0.5, 0.6) is 0 Å². The predicted molar refractivity (Wildman–Crippen MR) is 66.2 cm³/mol. The van der Waals surface area contributed by atoms with E-state index in [1.165, 1.54) is 17.9 Å². The second-order valence-electron chi connectivity index (χ2n) is 4.60. The number of carboxylic acid groups (broad SMARTS) is 1. The van der Waals surface area contributed by atoms with Crippen LogP contribution in [-0.2, 0) is 4.79 Å². The highest BCUT2D eigenvalue weighted by Crippen LogP contribution is 2.35. The second kappa shape index (κ2) is 5.44. The largest absolute Gasteiger partial charge is 0.481 e. The van der Waals surface area contributed by atoms with E-state index in [1.54, 1.807) is 0 Å². The zero-order valence-corrected chi connectivity index (χ0v) is 10.5. The van der Waals surface area contributed by atoms with Crippen LogP contribution in [-0.4, -0.2) is 27.0 Å². The van der Waals surface area contributed by atoms with Crippen molar-refractivity contribution >= 4 is 22.6 Å². The molecule has 17 heavy (non-hydrogen) atoms. The summed E-state index contributed by atoms with van der Waals surface area (Å²) in [7, 11) is 0. The molecule has 2 rings (SSSR count). The Hall–Kier alpha value is -1.17. The lowest BCUT2D eigenvalue weighted by atomic mass is 9.80. The lowest BCUT2D eigenvalue weighted by Crippen LogP contribution is -2.37. The van der Waals surface area contributed by atoms with Gasteiger partial charge in [0.05, 0.1) is 5.41 Å². The molecule has 0 amide bonds. The summed E-state index contributed by atoms with van der Waals surface area (Å²) in [5.74, 6) is -0.684. The van der Waals surface area contributed by atoms with Crippen LogP contribution < -0.4 is 5.32 Å². The minimum Gasteiger partial charge on any atom is -0.481 e. The molecule has 1 fully saturated rings. The van der Waals surface area contributed by atoms with Gasteiger partial charge in [-0.2, -0.15) is 4.37 Å². The van der Waals surface area contributed by atoms with Crippen molar-refractivity contribution in [1.29, 1.82) is 0 Å². The first-order valence-electron chi connectivity index (χ1n) is 5.97. The predicted octanol–water partition coefficient (Wildman–Crippen LogP) is 2.38. The molecule has 1 aliphatic rings. The maximum absolute atomic E-state index is 11.5. The number of carbonyl (C=O) groups is 1. The second-order valence-corrected chi connectivity index (χ2v) is 5.38. The third-order valence-electron chi connectivity index (χ3n) is 3.45. The van der Waals surface area contributed by atoms with Crippen LogP contribution in [0.3, 0.4) is 0 Å². The van der Waals surface area contributed by atoms with Crippen molar-refractivity contribution < 1.29 is 9.90 Å². The normalized spacial score (nSPS) is 19.5. The third-order valence-corrected chi connectivity index (χ3v) is 4.08. The van der Waals surface area contributed by atoms with Crippen LogP contribution >= 0.6 is 11.5 Å². The van der Waals surface area contributed by atoms with E-state index in [0.717, 1.165) is 38.5 Å². The van der Waals surface area contributed by atoms with Gasteiger partial charge in [0, 0.05) is 18.1 Å². The van der Waals surface area contributed by atoms with E-state index in [4.69, 9.17) is 0 Å². The quantitative estimate of drug-likeness (QED) is 0.808. The van der Waals surface area contributed by atoms with Gasteiger partial charge in [-0.25, -0.2) is 4.98 Å². The smallest absolute Gasteiger partial charge is 0.311 e. The van der Waals surface area contributed by atoms with E-state index in [1.807, 2.05) is 0 Å². The van der Waals surface area contributed by atoms with E-state index in [9.17, 15) is 9.90 Å². The maximum atomic E-state index is 11.5. The van der Waals surface area contributed by atoms with Crippen molar-refractivity contribution in [2.45, 2.75) is 38.5 Å². The monoisotopic (exact) mass is 255 g/mol. The maximum Gasteiger partial charge on any atom is 0.311 e. The molecular formula is C11H17N3O2S. The first-order valence-corrected chi connectivity index (χ1v) is 6.74. The molecule has 1 heterocycles. The van der Waals surface area contributed by atoms with Crippen LogP contribution in [0.15, 0.2) is 6.33 Å². The average molecular weight is 255 g/mol. The zero-order valence-electron chi connectivity index (χ0n) is 9.69. The van der Waals surface area contributed by atoms with E-state index in [0.29, 0.717) is 11.7 Å². The minimum absolute atomic E-state index is 0.456. The summed E-state index contributed by atoms with van der Waals surface area (Å²) < 4.78 is 3.89. The Morgan fingerprint density at radius 2 is 2.12 bits per heavy atom. The molecule has 1 aliphatic carbocycles. The van der Waals surface area contributed by atoms with Crippen molar-refractivity contribution in [2.75, 3.05) is 11.9 Å². The standard InChI is InChI=1S/C11H17N3O2S/c15-9(16)11(5-3-1-2-4-6-11)7-12-10-13-8-14-17-10/h8H,1-7H2,(H,15,16)(H,12,13,14). The Kier molecular flexibility index (Phi) is 3.93. The third kappa shape index (κ3) is 2.94. The molecule has 0 saturated heterocycles. The Bertz CT molecular complexity index is 359. The van der Waals surface area contributed by atoms with Gasteiger partial charge in [0.1, 0.15) is 6.33 Å². The molecule has 5 nitrogen and oxygen atoms in total. The van der Waals surface area contributed by atoms with Gasteiger partial charge in [-0.15, -0.1) is 0 Å². The number of hydrogen-bond donors (Lipinski definition) is 2. The Morgan fingerprint density at radius 3 is 2.65 bits per heavy atom. The summed E-state index contributed by atoms with van der Waals surface area (Å²) in [5, 5.41) is 13.3. The molecule has 1 aromatic rings. The van der Waals surface area contributed by atoms with E-state index >= 15 is 0 Å². The molecular weight excluding hydrogens is 238 g/mol. The van der Waals surface area contributed by atoms with Crippen LogP contribution in [0.2, 0.25) is 0 Å². The molecule has 1 aromatic heterocycles. The molecule has 1 saturated carbocycles. The number of nitrogens with one attached hydrogen (secondary N) is 1. The van der Waals surface area contributed by atoms with E-state index in [2.05, 4.69) is 14.7 Å². The minimum atomic E-state index is -0.684. The van der Waals surface area contributed by atoms with Gasteiger partial charge in [-0.1, -0.05) is 25.7 Å². The van der Waals surface area contributed by atoms with E-state index < -0.39 is 11.4 Å². The first-order chi connectivity index (χ1) is 8.23. The summed E-state index contributed by atoms with van der Waals surface area (Å²) in [6.45, 7) is 0.456. The molecule has 0 spiro atoms. The highest BCUT2D eigenvalue weighted by Gasteiger charge is 2.38. The number of carboxylic acids is 1. The average Bonchev–Trinajstić information content (AvgIpc) is 2.71. The van der Waals surface area contributed by atoms with Crippen LogP contribution in [0.4, 0.5) is 5.13 Å². The molecule has 0 bridgehead atoms. The van der Waals surface area contributed by atoms with Crippen molar-refractivity contribution in [3.63, 3.8) is 0 Å². The van der Waals surface area contributed by atoms with Crippen molar-refractivity contribution in [1.82, 2.24) is 9.36 Å². The summed E-state index contributed by atoms with van der Waals surface area (Å²) >= 11 is 1.26. The van der Waals surface area contributed by atoms with Crippen molar-refractivity contribution in [3.05, 3.63) is 6.33 Å². The Morgan fingerprint density at radius 1 is 1.41 bits per heavy atom. The fraction of sp³-hybridized carbons (Fsp3) is 0.727. The van der Waals surface area contributed by atoms with Gasteiger partial charge < -0.3 is 10.4 Å². The number of nitrogens with zero attached hydrogens (tertiary/aromatic N) is 2. The number of rotatable bonds is 4. The van der Waals surface area contributed by atoms with Gasteiger partial charge >= 0.3 is 5.97 Å². The lowest BCUT2D eigenvalue weighted by molar-refractivity contribution is -0.149. The lowest BCUT2D eigenvalue weighted by Gasteiger charge is -2.27. The summed E-state index contributed by atoms with van der Waals surface area (Å²) in [4.78, 5) is 15.5. The van der Waals surface area contributed by atoms with Crippen molar-refractivity contribution in [2.24, 2.45) is 5.41 Å². The van der Waals surface area contributed by atoms with Gasteiger partial charge in [0.2, 0.25) is 5.13 Å². The van der Waals surface area contributed by atoms with E-state index in [-0.39, 0.29) is 0 Å². The molecule has 0 atom stereocenters. The number of anilines is 1. The summed E-state index contributed by atoms with van der Waals surface area (Å²) in [6.07, 6.45) is 7.30. The Labute approximate surface area is 104 Å². The fourth-order valence-electron chi connectivity index (χ4n) is 2.37. The first kappa shape index (κ1) is 12.3. The molecule has 0 radical (unpaired) electrons. The van der Waals surface area contributed by atoms with Crippen molar-refractivity contribution in [3.8, 4) is 0 Å². The molecule has 0 aliphatic heterocycles. The highest BCUT2D eigenvalue weighted by molar-refractivity contribution is 7.09. The Balaban J connectivity index is 2.02. The van der Waals surface area contributed by atoms with Crippen LogP contribution in [0, 0.1) is 5.41 Å². The number of aliphatic carboxylic acids is 1. The molecule has 0 unspecified atom stereocenters. The molecule has 94 valence electrons.